The molecule has 0 unspecified atom stereocenters. The van der Waals surface area contributed by atoms with E-state index in [-0.39, 0.29) is 11.7 Å². The molecule has 0 saturated carbocycles. The molecule has 3 aromatic rings. The van der Waals surface area contributed by atoms with Crippen molar-refractivity contribution in [3.05, 3.63) is 58.8 Å². The third-order valence-electron chi connectivity index (χ3n) is 4.62. The molecule has 0 spiro atoms. The predicted octanol–water partition coefficient (Wildman–Crippen LogP) is 3.80. The summed E-state index contributed by atoms with van der Waals surface area (Å²) in [5.74, 6) is -0.0916. The number of amides is 1. The summed E-state index contributed by atoms with van der Waals surface area (Å²) in [6.45, 7) is 0. The summed E-state index contributed by atoms with van der Waals surface area (Å²) in [5.41, 5.74) is 3.91. The molecule has 0 radical (unpaired) electrons. The normalized spacial score (nSPS) is 12.8. The molecule has 146 valence electrons. The van der Waals surface area contributed by atoms with Crippen molar-refractivity contribution < 1.29 is 4.79 Å². The molecule has 0 saturated heterocycles. The Morgan fingerprint density at radius 3 is 2.97 bits per heavy atom. The highest BCUT2D eigenvalue weighted by atomic mass is 35.5. The van der Waals surface area contributed by atoms with Gasteiger partial charge in [0.05, 0.1) is 22.7 Å². The molecule has 2 heterocycles. The Labute approximate surface area is 177 Å². The number of hydrogen-bond acceptors (Lipinski definition) is 6. The largest absolute Gasteiger partial charge is 0.323 e. The number of aryl methyl sites for hydroxylation is 2. The molecular formula is C20H17ClN6OS. The number of benzene rings is 1. The van der Waals surface area contributed by atoms with Gasteiger partial charge in [-0.15, -0.1) is 0 Å². The number of nitrogens with zero attached hydrogens (tertiary/aromatic N) is 5. The van der Waals surface area contributed by atoms with Crippen LogP contribution in [0, 0.1) is 11.3 Å². The van der Waals surface area contributed by atoms with E-state index in [9.17, 15) is 10.1 Å². The maximum Gasteiger partial charge on any atom is 0.234 e. The monoisotopic (exact) mass is 424 g/mol. The van der Waals surface area contributed by atoms with Crippen molar-refractivity contribution in [1.82, 2.24) is 19.7 Å². The first-order valence-corrected chi connectivity index (χ1v) is 10.5. The van der Waals surface area contributed by atoms with Crippen LogP contribution in [0.2, 0.25) is 5.02 Å². The molecule has 1 amide bonds. The highest BCUT2D eigenvalue weighted by molar-refractivity contribution is 8.00. The second kappa shape index (κ2) is 8.64. The Morgan fingerprint density at radius 2 is 2.17 bits per heavy atom. The topological polar surface area (TPSA) is 96.5 Å². The van der Waals surface area contributed by atoms with Crippen molar-refractivity contribution in [3.8, 4) is 11.8 Å². The van der Waals surface area contributed by atoms with Crippen molar-refractivity contribution in [1.29, 1.82) is 5.26 Å². The van der Waals surface area contributed by atoms with E-state index >= 15 is 0 Å². The molecule has 29 heavy (non-hydrogen) atoms. The van der Waals surface area contributed by atoms with Crippen molar-refractivity contribution in [3.63, 3.8) is 0 Å². The maximum absolute atomic E-state index is 12.6. The molecular weight excluding hydrogens is 408 g/mol. The third kappa shape index (κ3) is 4.42. The Bertz CT molecular complexity index is 1090. The van der Waals surface area contributed by atoms with Gasteiger partial charge >= 0.3 is 0 Å². The molecule has 1 aliphatic carbocycles. The fourth-order valence-corrected chi connectivity index (χ4v) is 4.21. The van der Waals surface area contributed by atoms with Crippen LogP contribution in [0.15, 0.2) is 41.9 Å². The van der Waals surface area contributed by atoms with Crippen molar-refractivity contribution >= 4 is 35.0 Å². The lowest BCUT2D eigenvalue weighted by Gasteiger charge is -2.16. The summed E-state index contributed by atoms with van der Waals surface area (Å²) in [7, 11) is 0. The van der Waals surface area contributed by atoms with Gasteiger partial charge in [-0.05, 0) is 55.5 Å². The molecule has 0 bridgehead atoms. The zero-order valence-corrected chi connectivity index (χ0v) is 17.0. The van der Waals surface area contributed by atoms with E-state index in [0.717, 1.165) is 36.9 Å². The lowest BCUT2D eigenvalue weighted by atomic mass is 9.95. The number of halogens is 1. The van der Waals surface area contributed by atoms with E-state index in [0.29, 0.717) is 27.0 Å². The molecule has 0 fully saturated rings. The van der Waals surface area contributed by atoms with Crippen LogP contribution in [0.1, 0.15) is 29.7 Å². The highest BCUT2D eigenvalue weighted by Crippen LogP contribution is 2.28. The van der Waals surface area contributed by atoms with Crippen LogP contribution in [0.4, 0.5) is 5.69 Å². The number of nitriles is 1. The lowest BCUT2D eigenvalue weighted by Crippen LogP contribution is -2.16. The number of carbonyl (C=O) groups is 1. The number of aromatic nitrogens is 4. The fourth-order valence-electron chi connectivity index (χ4n) is 3.27. The Hall–Kier alpha value is -2.89. The Kier molecular flexibility index (Phi) is 5.79. The van der Waals surface area contributed by atoms with Crippen LogP contribution < -0.4 is 5.32 Å². The lowest BCUT2D eigenvalue weighted by molar-refractivity contribution is -0.113. The van der Waals surface area contributed by atoms with E-state index in [1.807, 2.05) is 6.07 Å². The standard InChI is InChI=1S/C20H17ClN6OS/c21-15-5-6-18(27-12-23-11-24-27)17(8-15)25-19(28)10-29-20-14(9-22)7-13-3-1-2-4-16(13)26-20/h5-8,11-12H,1-4,10H2,(H,25,28). The molecule has 1 aromatic carbocycles. The van der Waals surface area contributed by atoms with Crippen LogP contribution in [-0.2, 0) is 17.6 Å². The van der Waals surface area contributed by atoms with Crippen molar-refractivity contribution in [2.75, 3.05) is 11.1 Å². The van der Waals surface area contributed by atoms with E-state index in [4.69, 9.17) is 11.6 Å². The minimum Gasteiger partial charge on any atom is -0.323 e. The van der Waals surface area contributed by atoms with E-state index in [1.165, 1.54) is 18.1 Å². The summed E-state index contributed by atoms with van der Waals surface area (Å²) in [6.07, 6.45) is 7.08. The van der Waals surface area contributed by atoms with Gasteiger partial charge in [0.15, 0.2) is 0 Å². The van der Waals surface area contributed by atoms with Crippen LogP contribution in [-0.4, -0.2) is 31.4 Å². The summed E-state index contributed by atoms with van der Waals surface area (Å²) in [6, 6.07) is 9.27. The zero-order valence-electron chi connectivity index (χ0n) is 15.4. The summed E-state index contributed by atoms with van der Waals surface area (Å²) >= 11 is 7.36. The second-order valence-corrected chi connectivity index (χ2v) is 8.00. The van der Waals surface area contributed by atoms with Crippen LogP contribution >= 0.6 is 23.4 Å². The van der Waals surface area contributed by atoms with Gasteiger partial charge in [-0.2, -0.15) is 10.4 Å². The molecule has 1 aliphatic rings. The van der Waals surface area contributed by atoms with Crippen molar-refractivity contribution in [2.45, 2.75) is 30.7 Å². The summed E-state index contributed by atoms with van der Waals surface area (Å²) < 4.78 is 1.55. The number of nitrogens with one attached hydrogen (secondary N) is 1. The average Bonchev–Trinajstić information content (AvgIpc) is 3.26. The number of rotatable bonds is 5. The molecule has 7 nitrogen and oxygen atoms in total. The van der Waals surface area contributed by atoms with Crippen LogP contribution in [0.5, 0.6) is 0 Å². The number of anilines is 1. The number of thioether (sulfide) groups is 1. The number of fused-ring (bicyclic) bond motifs is 1. The highest BCUT2D eigenvalue weighted by Gasteiger charge is 2.17. The van der Waals surface area contributed by atoms with Gasteiger partial charge in [-0.3, -0.25) is 4.79 Å². The van der Waals surface area contributed by atoms with Gasteiger partial charge in [0, 0.05) is 10.7 Å². The second-order valence-electron chi connectivity index (χ2n) is 6.60. The third-order valence-corrected chi connectivity index (χ3v) is 5.85. The van der Waals surface area contributed by atoms with Crippen LogP contribution in [0.25, 0.3) is 5.69 Å². The van der Waals surface area contributed by atoms with E-state index in [2.05, 4.69) is 26.5 Å². The smallest absolute Gasteiger partial charge is 0.234 e. The molecule has 4 rings (SSSR count). The summed E-state index contributed by atoms with van der Waals surface area (Å²) in [5, 5.41) is 17.5. The minimum absolute atomic E-state index is 0.129. The minimum atomic E-state index is -0.220. The number of hydrogen-bond donors (Lipinski definition) is 1. The summed E-state index contributed by atoms with van der Waals surface area (Å²) in [4.78, 5) is 21.2. The molecule has 9 heteroatoms. The SMILES string of the molecule is N#Cc1cc2c(nc1SCC(=O)Nc1cc(Cl)ccc1-n1cncn1)CCCC2. The molecule has 0 aliphatic heterocycles. The van der Waals surface area contributed by atoms with Gasteiger partial charge < -0.3 is 5.32 Å². The predicted molar refractivity (Wildman–Crippen MR) is 111 cm³/mol. The number of pyridine rings is 1. The fraction of sp³-hybridized carbons (Fsp3) is 0.250. The van der Waals surface area contributed by atoms with E-state index in [1.54, 1.807) is 29.2 Å². The van der Waals surface area contributed by atoms with Gasteiger partial charge in [0.1, 0.15) is 23.7 Å². The molecule has 1 N–H and O–H groups in total. The van der Waals surface area contributed by atoms with Crippen LogP contribution in [0.3, 0.4) is 0 Å². The van der Waals surface area contributed by atoms with Gasteiger partial charge in [-0.1, -0.05) is 23.4 Å². The van der Waals surface area contributed by atoms with Crippen molar-refractivity contribution in [2.24, 2.45) is 0 Å². The first-order valence-electron chi connectivity index (χ1n) is 9.14. The van der Waals surface area contributed by atoms with E-state index < -0.39 is 0 Å². The molecule has 2 aromatic heterocycles. The van der Waals surface area contributed by atoms with Gasteiger partial charge in [-0.25, -0.2) is 14.6 Å². The quantitative estimate of drug-likeness (QED) is 0.626. The number of carbonyl (C=O) groups excluding carboxylic acids is 1. The van der Waals surface area contributed by atoms with Gasteiger partial charge in [0.2, 0.25) is 5.91 Å². The average molecular weight is 425 g/mol. The molecule has 0 atom stereocenters. The Balaban J connectivity index is 1.49. The zero-order chi connectivity index (χ0) is 20.2. The first kappa shape index (κ1) is 19.4. The Morgan fingerprint density at radius 1 is 1.31 bits per heavy atom. The first-order chi connectivity index (χ1) is 14.1. The van der Waals surface area contributed by atoms with Gasteiger partial charge in [0.25, 0.3) is 0 Å². The maximum atomic E-state index is 12.6.